The van der Waals surface area contributed by atoms with Crippen LogP contribution in [0.1, 0.15) is 12.0 Å². The highest BCUT2D eigenvalue weighted by atomic mass is 31.1. The van der Waals surface area contributed by atoms with Gasteiger partial charge in [-0.25, -0.2) is 0 Å². The summed E-state index contributed by atoms with van der Waals surface area (Å²) in [7, 11) is -0.519. The fourth-order valence-corrected chi connectivity index (χ4v) is 8.89. The van der Waals surface area contributed by atoms with Crippen LogP contribution in [0.5, 0.6) is 0 Å². The van der Waals surface area contributed by atoms with Gasteiger partial charge in [0.15, 0.2) is 0 Å². The lowest BCUT2D eigenvalue weighted by atomic mass is 9.37. The zero-order valence-electron chi connectivity index (χ0n) is 24.7. The second-order valence-corrected chi connectivity index (χ2v) is 13.8. The van der Waals surface area contributed by atoms with Crippen LogP contribution in [0.3, 0.4) is 0 Å². The zero-order valence-corrected chi connectivity index (χ0v) is 25.6. The first-order valence-corrected chi connectivity index (χ1v) is 16.8. The third-order valence-electron chi connectivity index (χ3n) is 8.49. The van der Waals surface area contributed by atoms with Crippen molar-refractivity contribution in [3.05, 3.63) is 193 Å². The first-order chi connectivity index (χ1) is 21.8. The Balaban J connectivity index is 1.09. The SMILES string of the molecule is C(=Cc1ccc(B(c2ccccc2)c2ccccc2)cc1)C1=CCC(P(c2ccccc2)c2ccc3ccccc3c2)C=C1. The molecule has 2 heteroatoms. The molecule has 44 heavy (non-hydrogen) atoms. The first kappa shape index (κ1) is 28.1. The summed E-state index contributed by atoms with van der Waals surface area (Å²) in [6.45, 7) is 0.221. The van der Waals surface area contributed by atoms with E-state index < -0.39 is 7.92 Å². The molecule has 0 fully saturated rings. The molecule has 0 saturated heterocycles. The van der Waals surface area contributed by atoms with Crippen LogP contribution in [0.15, 0.2) is 188 Å². The molecule has 6 aromatic rings. The van der Waals surface area contributed by atoms with Gasteiger partial charge in [0, 0.05) is 5.66 Å². The minimum Gasteiger partial charge on any atom is -0.0763 e. The molecular formula is C42H34BP. The summed E-state index contributed by atoms with van der Waals surface area (Å²) < 4.78 is 0. The van der Waals surface area contributed by atoms with Gasteiger partial charge in [-0.1, -0.05) is 198 Å². The van der Waals surface area contributed by atoms with Gasteiger partial charge < -0.3 is 0 Å². The van der Waals surface area contributed by atoms with Gasteiger partial charge in [-0.05, 0) is 52.9 Å². The highest BCUT2D eigenvalue weighted by Crippen LogP contribution is 2.44. The van der Waals surface area contributed by atoms with Gasteiger partial charge in [0.1, 0.15) is 0 Å². The molecular weight excluding hydrogens is 546 g/mol. The highest BCUT2D eigenvalue weighted by Gasteiger charge is 2.24. The summed E-state index contributed by atoms with van der Waals surface area (Å²) in [5, 5.41) is 5.49. The van der Waals surface area contributed by atoms with Crippen LogP contribution >= 0.6 is 7.92 Å². The van der Waals surface area contributed by atoms with Crippen molar-refractivity contribution in [1.29, 1.82) is 0 Å². The van der Waals surface area contributed by atoms with E-state index in [1.54, 1.807) is 0 Å². The van der Waals surface area contributed by atoms with Crippen molar-refractivity contribution < 1.29 is 0 Å². The Morgan fingerprint density at radius 2 is 1.11 bits per heavy atom. The quantitative estimate of drug-likeness (QED) is 0.128. The highest BCUT2D eigenvalue weighted by molar-refractivity contribution is 7.73. The minimum absolute atomic E-state index is 0.221. The van der Waals surface area contributed by atoms with Crippen LogP contribution in [0.2, 0.25) is 0 Å². The van der Waals surface area contributed by atoms with Crippen molar-refractivity contribution in [3.63, 3.8) is 0 Å². The molecule has 0 aliphatic heterocycles. The molecule has 0 amide bonds. The molecule has 0 radical (unpaired) electrons. The van der Waals surface area contributed by atoms with E-state index in [9.17, 15) is 0 Å². The molecule has 0 heterocycles. The van der Waals surface area contributed by atoms with Crippen molar-refractivity contribution in [2.75, 3.05) is 0 Å². The maximum Gasteiger partial charge on any atom is 0.241 e. The molecule has 1 aliphatic carbocycles. The van der Waals surface area contributed by atoms with Crippen LogP contribution in [-0.2, 0) is 0 Å². The van der Waals surface area contributed by atoms with Gasteiger partial charge in [-0.3, -0.25) is 0 Å². The predicted molar refractivity (Wildman–Crippen MR) is 195 cm³/mol. The molecule has 0 aromatic heterocycles. The van der Waals surface area contributed by atoms with Crippen LogP contribution in [0, 0.1) is 0 Å². The third kappa shape index (κ3) is 6.30. The molecule has 2 unspecified atom stereocenters. The average molecular weight is 581 g/mol. The van der Waals surface area contributed by atoms with Gasteiger partial charge in [0.25, 0.3) is 0 Å². The van der Waals surface area contributed by atoms with E-state index in [4.69, 9.17) is 0 Å². The van der Waals surface area contributed by atoms with Crippen molar-refractivity contribution in [3.8, 4) is 0 Å². The van der Waals surface area contributed by atoms with E-state index in [0.29, 0.717) is 5.66 Å². The number of rotatable bonds is 8. The normalized spacial score (nSPS) is 15.3. The van der Waals surface area contributed by atoms with Gasteiger partial charge in [-0.15, -0.1) is 0 Å². The fraction of sp³-hybridized carbons (Fsp3) is 0.0476. The smallest absolute Gasteiger partial charge is 0.0763 e. The molecule has 0 N–H and O–H groups in total. The molecule has 1 aliphatic rings. The summed E-state index contributed by atoms with van der Waals surface area (Å²) >= 11 is 0. The summed E-state index contributed by atoms with van der Waals surface area (Å²) in [6.07, 6.45) is 12.7. The van der Waals surface area contributed by atoms with E-state index in [0.717, 1.165) is 6.42 Å². The fourth-order valence-electron chi connectivity index (χ4n) is 6.25. The standard InChI is InChI=1S/C42H34BP/c1-4-14-37(15-5-1)43(38-16-6-2-7-17-38)39-27-22-33(23-28-39)20-21-34-24-29-41(30-25-34)44(40-18-8-3-9-19-40)42-31-26-35-12-10-11-13-36(35)32-42/h1-29,31-32,41H,30H2. The molecule has 6 aromatic carbocycles. The van der Waals surface area contributed by atoms with Crippen LogP contribution < -0.4 is 27.0 Å². The topological polar surface area (TPSA) is 0 Å². The Bertz CT molecular complexity index is 1880. The largest absolute Gasteiger partial charge is 0.241 e. The molecule has 0 saturated carbocycles. The molecule has 0 nitrogen and oxygen atoms in total. The van der Waals surface area contributed by atoms with E-state index in [-0.39, 0.29) is 6.71 Å². The Morgan fingerprint density at radius 3 is 1.75 bits per heavy atom. The molecule has 0 bridgehead atoms. The average Bonchev–Trinajstić information content (AvgIpc) is 3.10. The second kappa shape index (κ2) is 13.3. The summed E-state index contributed by atoms with van der Waals surface area (Å²) in [6, 6.07) is 57.4. The van der Waals surface area contributed by atoms with Crippen LogP contribution in [-0.4, -0.2) is 12.4 Å². The lowest BCUT2D eigenvalue weighted by Crippen LogP contribution is -2.51. The summed E-state index contributed by atoms with van der Waals surface area (Å²) in [5.74, 6) is 0. The second-order valence-electron chi connectivity index (χ2n) is 11.4. The Morgan fingerprint density at radius 1 is 0.523 bits per heavy atom. The van der Waals surface area contributed by atoms with Crippen molar-refractivity contribution in [1.82, 2.24) is 0 Å². The van der Waals surface area contributed by atoms with E-state index in [1.807, 2.05) is 0 Å². The van der Waals surface area contributed by atoms with Gasteiger partial charge in [-0.2, -0.15) is 0 Å². The first-order valence-electron chi connectivity index (χ1n) is 15.4. The third-order valence-corrected chi connectivity index (χ3v) is 11.2. The van der Waals surface area contributed by atoms with Gasteiger partial charge >= 0.3 is 0 Å². The summed E-state index contributed by atoms with van der Waals surface area (Å²) in [5.41, 5.74) is 6.90. The summed E-state index contributed by atoms with van der Waals surface area (Å²) in [4.78, 5) is 0. The Labute approximate surface area is 263 Å². The lowest BCUT2D eigenvalue weighted by Gasteiger charge is -2.28. The van der Waals surface area contributed by atoms with Crippen LogP contribution in [0.25, 0.3) is 16.8 Å². The number of hydrogen-bond acceptors (Lipinski definition) is 0. The predicted octanol–water partition coefficient (Wildman–Crippen LogP) is 7.76. The molecule has 2 atom stereocenters. The number of fused-ring (bicyclic) bond motifs is 1. The molecule has 0 spiro atoms. The van der Waals surface area contributed by atoms with Crippen molar-refractivity contribution in [2.24, 2.45) is 0 Å². The monoisotopic (exact) mass is 580 g/mol. The number of allylic oxidation sites excluding steroid dienone is 5. The van der Waals surface area contributed by atoms with Gasteiger partial charge in [0.2, 0.25) is 6.71 Å². The van der Waals surface area contributed by atoms with Crippen LogP contribution in [0.4, 0.5) is 0 Å². The molecule has 210 valence electrons. The van der Waals surface area contributed by atoms with E-state index >= 15 is 0 Å². The van der Waals surface area contributed by atoms with Gasteiger partial charge in [0.05, 0.1) is 0 Å². The Kier molecular flexibility index (Phi) is 8.49. The minimum atomic E-state index is -0.519. The number of hydrogen-bond donors (Lipinski definition) is 0. The Hall–Kier alpha value is -4.71. The maximum atomic E-state index is 2.45. The maximum absolute atomic E-state index is 2.45. The lowest BCUT2D eigenvalue weighted by molar-refractivity contribution is 1.04. The van der Waals surface area contributed by atoms with E-state index in [2.05, 4.69) is 188 Å². The van der Waals surface area contributed by atoms with Crippen molar-refractivity contribution in [2.45, 2.75) is 12.1 Å². The molecule has 7 rings (SSSR count). The zero-order chi connectivity index (χ0) is 29.6. The van der Waals surface area contributed by atoms with E-state index in [1.165, 1.54) is 48.9 Å². The van der Waals surface area contributed by atoms with Crippen molar-refractivity contribution >= 4 is 58.5 Å². The number of benzene rings is 6.